The van der Waals surface area contributed by atoms with Gasteiger partial charge in [0.05, 0.1) is 24.0 Å². The van der Waals surface area contributed by atoms with Crippen molar-refractivity contribution in [1.29, 1.82) is 0 Å². The van der Waals surface area contributed by atoms with Gasteiger partial charge in [0.15, 0.2) is 0 Å². The minimum Gasteiger partial charge on any atom is -0.397 e. The highest BCUT2D eigenvalue weighted by Gasteiger charge is 2.25. The Morgan fingerprint density at radius 2 is 2.28 bits per heavy atom. The Balaban J connectivity index is 2.09. The van der Waals surface area contributed by atoms with Crippen LogP contribution in [-0.2, 0) is 0 Å². The third kappa shape index (κ3) is 1.69. The number of rotatable bonds is 2. The van der Waals surface area contributed by atoms with Crippen molar-refractivity contribution in [3.05, 3.63) is 30.6 Å². The number of nitrogen functional groups attached to an aromatic ring is 1. The molecule has 1 atom stereocenters. The Labute approximate surface area is 106 Å². The molecular weight excluding hydrogens is 226 g/mol. The van der Waals surface area contributed by atoms with Gasteiger partial charge in [0.1, 0.15) is 0 Å². The van der Waals surface area contributed by atoms with Crippen molar-refractivity contribution in [1.82, 2.24) is 4.98 Å². The molecule has 0 aliphatic carbocycles. The number of benzene rings is 1. The average Bonchev–Trinajstić information content (AvgIpc) is 2.88. The number of pyridine rings is 1. The fraction of sp³-hybridized carbons (Fsp3) is 0.357. The highest BCUT2D eigenvalue weighted by atomic mass is 16.3. The summed E-state index contributed by atoms with van der Waals surface area (Å²) in [5.74, 6) is 0. The Morgan fingerprint density at radius 1 is 1.39 bits per heavy atom. The molecule has 1 aromatic heterocycles. The van der Waals surface area contributed by atoms with Gasteiger partial charge in [-0.05, 0) is 25.0 Å². The maximum absolute atomic E-state index is 9.41. The van der Waals surface area contributed by atoms with Crippen molar-refractivity contribution >= 4 is 22.1 Å². The average molecular weight is 243 g/mol. The summed E-state index contributed by atoms with van der Waals surface area (Å²) in [6, 6.07) is 6.22. The van der Waals surface area contributed by atoms with E-state index in [-0.39, 0.29) is 12.6 Å². The van der Waals surface area contributed by atoms with Gasteiger partial charge in [0.25, 0.3) is 0 Å². The smallest absolute Gasteiger partial charge is 0.0635 e. The fourth-order valence-corrected chi connectivity index (χ4v) is 2.77. The van der Waals surface area contributed by atoms with Crippen LogP contribution in [0.1, 0.15) is 12.8 Å². The van der Waals surface area contributed by atoms with Crippen LogP contribution in [0.4, 0.5) is 11.4 Å². The van der Waals surface area contributed by atoms with E-state index >= 15 is 0 Å². The van der Waals surface area contributed by atoms with Crippen LogP contribution in [0.25, 0.3) is 10.8 Å². The number of aromatic nitrogens is 1. The highest BCUT2D eigenvalue weighted by Crippen LogP contribution is 2.34. The maximum atomic E-state index is 9.41. The van der Waals surface area contributed by atoms with Crippen molar-refractivity contribution in [2.24, 2.45) is 0 Å². The van der Waals surface area contributed by atoms with Gasteiger partial charge in [-0.15, -0.1) is 0 Å². The van der Waals surface area contributed by atoms with E-state index in [4.69, 9.17) is 5.73 Å². The predicted molar refractivity (Wildman–Crippen MR) is 73.6 cm³/mol. The molecule has 1 aliphatic rings. The number of nitrogens with two attached hydrogens (primary N) is 1. The van der Waals surface area contributed by atoms with Gasteiger partial charge in [-0.3, -0.25) is 4.98 Å². The van der Waals surface area contributed by atoms with E-state index in [0.717, 1.165) is 41.5 Å². The summed E-state index contributed by atoms with van der Waals surface area (Å²) < 4.78 is 0. The molecule has 1 aromatic carbocycles. The maximum Gasteiger partial charge on any atom is 0.0635 e. The molecule has 0 radical (unpaired) electrons. The predicted octanol–water partition coefficient (Wildman–Crippen LogP) is 1.78. The summed E-state index contributed by atoms with van der Waals surface area (Å²) in [5, 5.41) is 11.5. The topological polar surface area (TPSA) is 62.4 Å². The van der Waals surface area contributed by atoms with Crippen LogP contribution < -0.4 is 10.6 Å². The lowest BCUT2D eigenvalue weighted by molar-refractivity contribution is 0.266. The van der Waals surface area contributed by atoms with Crippen LogP contribution in [0.15, 0.2) is 30.6 Å². The molecule has 3 rings (SSSR count). The van der Waals surface area contributed by atoms with Crippen LogP contribution in [0, 0.1) is 0 Å². The molecule has 1 unspecified atom stereocenters. The van der Waals surface area contributed by atoms with E-state index in [2.05, 4.69) is 9.88 Å². The fourth-order valence-electron chi connectivity index (χ4n) is 2.77. The van der Waals surface area contributed by atoms with Gasteiger partial charge in [-0.25, -0.2) is 0 Å². The largest absolute Gasteiger partial charge is 0.397 e. The van der Waals surface area contributed by atoms with Gasteiger partial charge in [0, 0.05) is 29.7 Å². The summed E-state index contributed by atoms with van der Waals surface area (Å²) in [4.78, 5) is 6.32. The lowest BCUT2D eigenvalue weighted by Crippen LogP contribution is -2.32. The third-order valence-corrected chi connectivity index (χ3v) is 3.74. The first-order valence-electron chi connectivity index (χ1n) is 6.31. The number of fused-ring (bicyclic) bond motifs is 1. The minimum absolute atomic E-state index is 0.188. The normalized spacial score (nSPS) is 19.6. The van der Waals surface area contributed by atoms with E-state index in [1.807, 2.05) is 24.4 Å². The second-order valence-electron chi connectivity index (χ2n) is 4.77. The molecule has 0 spiro atoms. The first kappa shape index (κ1) is 11.3. The number of hydrogen-bond donors (Lipinski definition) is 2. The van der Waals surface area contributed by atoms with E-state index in [0.29, 0.717) is 0 Å². The van der Waals surface area contributed by atoms with Crippen molar-refractivity contribution < 1.29 is 5.11 Å². The standard InChI is InChI=1S/C14H17N3O/c15-14-12-5-6-16-8-10(12)3-4-13(14)17-7-1-2-11(17)9-18/h3-6,8,11,18H,1-2,7,9,15H2. The Hall–Kier alpha value is -1.81. The van der Waals surface area contributed by atoms with Crippen LogP contribution >= 0.6 is 0 Å². The summed E-state index contributed by atoms with van der Waals surface area (Å²) in [5.41, 5.74) is 8.08. The molecule has 2 heterocycles. The summed E-state index contributed by atoms with van der Waals surface area (Å²) in [6.45, 7) is 1.15. The van der Waals surface area contributed by atoms with Gasteiger partial charge in [-0.2, -0.15) is 0 Å². The number of aliphatic hydroxyl groups excluding tert-OH is 1. The first-order valence-corrected chi connectivity index (χ1v) is 6.31. The molecule has 3 N–H and O–H groups in total. The monoisotopic (exact) mass is 243 g/mol. The quantitative estimate of drug-likeness (QED) is 0.789. The molecule has 0 saturated carbocycles. The van der Waals surface area contributed by atoms with Gasteiger partial charge < -0.3 is 15.7 Å². The van der Waals surface area contributed by atoms with Crippen LogP contribution in [-0.4, -0.2) is 29.3 Å². The van der Waals surface area contributed by atoms with Crippen molar-refractivity contribution in [3.63, 3.8) is 0 Å². The molecule has 94 valence electrons. The molecule has 1 saturated heterocycles. The number of hydrogen-bond acceptors (Lipinski definition) is 4. The molecule has 0 amide bonds. The van der Waals surface area contributed by atoms with E-state index in [1.54, 1.807) is 6.20 Å². The molecule has 18 heavy (non-hydrogen) atoms. The Morgan fingerprint density at radius 3 is 3.11 bits per heavy atom. The lowest BCUT2D eigenvalue weighted by Gasteiger charge is -2.27. The lowest BCUT2D eigenvalue weighted by atomic mass is 10.1. The van der Waals surface area contributed by atoms with E-state index in [9.17, 15) is 5.11 Å². The van der Waals surface area contributed by atoms with Gasteiger partial charge >= 0.3 is 0 Å². The second kappa shape index (κ2) is 4.46. The molecule has 4 nitrogen and oxygen atoms in total. The van der Waals surface area contributed by atoms with E-state index < -0.39 is 0 Å². The highest BCUT2D eigenvalue weighted by molar-refractivity contribution is 5.98. The summed E-state index contributed by atoms with van der Waals surface area (Å²) in [6.07, 6.45) is 5.72. The van der Waals surface area contributed by atoms with Crippen LogP contribution in [0.3, 0.4) is 0 Å². The second-order valence-corrected chi connectivity index (χ2v) is 4.77. The molecular formula is C14H17N3O. The first-order chi connectivity index (χ1) is 8.81. The minimum atomic E-state index is 0.188. The molecule has 2 aromatic rings. The molecule has 0 bridgehead atoms. The van der Waals surface area contributed by atoms with Gasteiger partial charge in [0.2, 0.25) is 0 Å². The molecule has 1 fully saturated rings. The number of aliphatic hydroxyl groups is 1. The van der Waals surface area contributed by atoms with Crippen molar-refractivity contribution in [2.45, 2.75) is 18.9 Å². The van der Waals surface area contributed by atoms with Gasteiger partial charge in [-0.1, -0.05) is 6.07 Å². The number of nitrogens with zero attached hydrogens (tertiary/aromatic N) is 2. The van der Waals surface area contributed by atoms with Crippen LogP contribution in [0.2, 0.25) is 0 Å². The number of anilines is 2. The Bertz CT molecular complexity index is 570. The molecule has 1 aliphatic heterocycles. The zero-order valence-corrected chi connectivity index (χ0v) is 10.2. The van der Waals surface area contributed by atoms with E-state index in [1.165, 1.54) is 0 Å². The summed E-state index contributed by atoms with van der Waals surface area (Å²) >= 11 is 0. The van der Waals surface area contributed by atoms with Crippen molar-refractivity contribution in [3.8, 4) is 0 Å². The Kier molecular flexibility index (Phi) is 2.80. The van der Waals surface area contributed by atoms with Crippen LogP contribution in [0.5, 0.6) is 0 Å². The zero-order valence-electron chi connectivity index (χ0n) is 10.2. The SMILES string of the molecule is Nc1c(N2CCCC2CO)ccc2cnccc12. The summed E-state index contributed by atoms with van der Waals surface area (Å²) in [7, 11) is 0. The molecule has 4 heteroatoms. The van der Waals surface area contributed by atoms with Crippen molar-refractivity contribution in [2.75, 3.05) is 23.8 Å². The third-order valence-electron chi connectivity index (χ3n) is 3.74. The zero-order chi connectivity index (χ0) is 12.5.